The predicted molar refractivity (Wildman–Crippen MR) is 90.0 cm³/mol. The van der Waals surface area contributed by atoms with Gasteiger partial charge < -0.3 is 4.90 Å². The van der Waals surface area contributed by atoms with Crippen LogP contribution in [0.5, 0.6) is 0 Å². The van der Waals surface area contributed by atoms with Crippen molar-refractivity contribution in [2.75, 3.05) is 19.0 Å². The van der Waals surface area contributed by atoms with Crippen LogP contribution in [0.25, 0.3) is 17.9 Å². The van der Waals surface area contributed by atoms with Gasteiger partial charge >= 0.3 is 0 Å². The van der Waals surface area contributed by atoms with Gasteiger partial charge in [0.2, 0.25) is 5.78 Å². The normalized spacial score (nSPS) is 14.1. The lowest BCUT2D eigenvalue weighted by Crippen LogP contribution is -2.28. The number of benzene rings is 1. The van der Waals surface area contributed by atoms with Gasteiger partial charge in [-0.2, -0.15) is 9.61 Å². The van der Waals surface area contributed by atoms with Crippen molar-refractivity contribution in [2.45, 2.75) is 12.8 Å². The first-order valence-electron chi connectivity index (χ1n) is 7.59. The molecule has 0 atom stereocenters. The third-order valence-corrected chi connectivity index (χ3v) is 4.06. The number of H-pyrrole nitrogens is 1. The first kappa shape index (κ1) is 13.8. The largest absolute Gasteiger partial charge is 0.378 e. The van der Waals surface area contributed by atoms with E-state index in [1.807, 2.05) is 49.3 Å². The van der Waals surface area contributed by atoms with Crippen LogP contribution in [0.1, 0.15) is 17.7 Å². The first-order chi connectivity index (χ1) is 11.1. The lowest BCUT2D eigenvalue weighted by Gasteiger charge is -2.11. The fourth-order valence-corrected chi connectivity index (χ4v) is 2.80. The third kappa shape index (κ3) is 2.32. The molecule has 0 radical (unpaired) electrons. The van der Waals surface area contributed by atoms with Gasteiger partial charge in [-0.25, -0.2) is 4.98 Å². The molecule has 1 aliphatic rings. The molecule has 116 valence electrons. The van der Waals surface area contributed by atoms with Crippen LogP contribution >= 0.6 is 0 Å². The minimum Gasteiger partial charge on any atom is -0.378 e. The second-order valence-electron chi connectivity index (χ2n) is 5.89. The second-order valence-corrected chi connectivity index (χ2v) is 5.89. The predicted octanol–water partition coefficient (Wildman–Crippen LogP) is 0.0391. The van der Waals surface area contributed by atoms with Crippen molar-refractivity contribution < 1.29 is 0 Å². The molecule has 0 amide bonds. The van der Waals surface area contributed by atoms with Crippen molar-refractivity contribution in [3.8, 4) is 0 Å². The summed E-state index contributed by atoms with van der Waals surface area (Å²) in [7, 11) is 3.99. The van der Waals surface area contributed by atoms with Crippen LogP contribution in [0.2, 0.25) is 0 Å². The molecule has 6 heteroatoms. The molecular weight excluding hydrogens is 290 g/mol. The van der Waals surface area contributed by atoms with Gasteiger partial charge in [-0.3, -0.25) is 9.78 Å². The molecule has 3 aromatic rings. The van der Waals surface area contributed by atoms with Crippen molar-refractivity contribution in [3.05, 3.63) is 56.6 Å². The molecule has 6 nitrogen and oxygen atoms in total. The number of aryl methyl sites for hydroxylation is 1. The number of imidazole rings is 1. The molecule has 0 saturated carbocycles. The fourth-order valence-electron chi connectivity index (χ4n) is 2.80. The molecule has 0 fully saturated rings. The number of aromatic amines is 1. The number of rotatable bonds is 2. The summed E-state index contributed by atoms with van der Waals surface area (Å²) in [4.78, 5) is 21.5. The van der Waals surface area contributed by atoms with E-state index in [0.717, 1.165) is 35.1 Å². The molecule has 0 saturated heterocycles. The Hall–Kier alpha value is -2.89. The molecule has 4 rings (SSSR count). The van der Waals surface area contributed by atoms with E-state index in [4.69, 9.17) is 0 Å². The van der Waals surface area contributed by atoms with Gasteiger partial charge in [-0.15, -0.1) is 0 Å². The minimum absolute atomic E-state index is 0.176. The Bertz CT molecular complexity index is 1060. The lowest BCUT2D eigenvalue weighted by atomic mass is 10.2. The summed E-state index contributed by atoms with van der Waals surface area (Å²) < 4.78 is 1.61. The molecule has 0 aliphatic heterocycles. The van der Waals surface area contributed by atoms with E-state index in [1.54, 1.807) is 4.52 Å². The Morgan fingerprint density at radius 3 is 2.78 bits per heavy atom. The van der Waals surface area contributed by atoms with Crippen LogP contribution in [-0.4, -0.2) is 33.7 Å². The molecule has 1 N–H and O–H groups in total. The number of nitrogens with zero attached hydrogens (tertiary/aromatic N) is 4. The molecular formula is C17H17N5O. The SMILES string of the molecule is CN(C)c1ccc(/C=c2\c(=O)[nH]c3nc4c(nn23)CCC=4)cc1. The van der Waals surface area contributed by atoms with Crippen LogP contribution in [0.15, 0.2) is 29.1 Å². The zero-order valence-electron chi connectivity index (χ0n) is 13.1. The zero-order chi connectivity index (χ0) is 16.0. The fraction of sp³-hybridized carbons (Fsp3) is 0.235. The Balaban J connectivity index is 1.90. The highest BCUT2D eigenvalue weighted by Gasteiger charge is 2.11. The van der Waals surface area contributed by atoms with Crippen LogP contribution in [-0.2, 0) is 6.42 Å². The number of hydrogen-bond donors (Lipinski definition) is 1. The van der Waals surface area contributed by atoms with Gasteiger partial charge in [0, 0.05) is 19.8 Å². The highest BCUT2D eigenvalue weighted by Crippen LogP contribution is 2.12. The van der Waals surface area contributed by atoms with Gasteiger partial charge in [0.15, 0.2) is 0 Å². The molecule has 0 unspecified atom stereocenters. The monoisotopic (exact) mass is 307 g/mol. The number of anilines is 1. The van der Waals surface area contributed by atoms with Crippen molar-refractivity contribution in [1.82, 2.24) is 19.6 Å². The quantitative estimate of drug-likeness (QED) is 0.726. The molecule has 2 heterocycles. The Labute approximate surface area is 132 Å². The number of hydrogen-bond acceptors (Lipinski definition) is 4. The summed E-state index contributed by atoms with van der Waals surface area (Å²) in [5.41, 5.74) is 2.84. The Morgan fingerprint density at radius 1 is 1.26 bits per heavy atom. The van der Waals surface area contributed by atoms with E-state index in [9.17, 15) is 4.79 Å². The van der Waals surface area contributed by atoms with Gasteiger partial charge in [-0.1, -0.05) is 18.2 Å². The maximum absolute atomic E-state index is 12.2. The van der Waals surface area contributed by atoms with Crippen LogP contribution < -0.4 is 21.2 Å². The highest BCUT2D eigenvalue weighted by molar-refractivity contribution is 5.55. The van der Waals surface area contributed by atoms with Gasteiger partial charge in [0.25, 0.3) is 5.56 Å². The van der Waals surface area contributed by atoms with Crippen molar-refractivity contribution >= 4 is 23.6 Å². The first-order valence-corrected chi connectivity index (χ1v) is 7.59. The van der Waals surface area contributed by atoms with E-state index in [-0.39, 0.29) is 5.56 Å². The van der Waals surface area contributed by atoms with E-state index < -0.39 is 0 Å². The molecule has 1 aliphatic carbocycles. The van der Waals surface area contributed by atoms with E-state index in [2.05, 4.69) is 21.1 Å². The lowest BCUT2D eigenvalue weighted by molar-refractivity contribution is 0.808. The van der Waals surface area contributed by atoms with Gasteiger partial charge in [-0.05, 0) is 36.6 Å². The van der Waals surface area contributed by atoms with Gasteiger partial charge in [0.1, 0.15) is 5.35 Å². The Morgan fingerprint density at radius 2 is 2.04 bits per heavy atom. The second kappa shape index (κ2) is 5.08. The van der Waals surface area contributed by atoms with E-state index in [0.29, 0.717) is 11.1 Å². The number of nitrogens with one attached hydrogen (secondary N) is 1. The van der Waals surface area contributed by atoms with Gasteiger partial charge in [0.05, 0.1) is 11.0 Å². The summed E-state index contributed by atoms with van der Waals surface area (Å²) in [6, 6.07) is 8.02. The summed E-state index contributed by atoms with van der Waals surface area (Å²) in [5.74, 6) is 0.489. The average Bonchev–Trinajstić information content (AvgIpc) is 3.10. The highest BCUT2D eigenvalue weighted by atomic mass is 16.1. The standard InChI is InChI=1S/C17H17N5O/c1-21(2)12-8-6-11(7-9-12)10-15-16(23)19-17-18-13-4-3-5-14(13)20-22(15)17/h4,6-10H,3,5H2,1-2H3,(H,18,19,23)/b15-10+. The molecule has 2 aromatic heterocycles. The van der Waals surface area contributed by atoms with Crippen LogP contribution in [0.4, 0.5) is 5.69 Å². The van der Waals surface area contributed by atoms with Crippen molar-refractivity contribution in [2.24, 2.45) is 0 Å². The van der Waals surface area contributed by atoms with E-state index in [1.165, 1.54) is 0 Å². The minimum atomic E-state index is -0.176. The molecule has 0 bridgehead atoms. The smallest absolute Gasteiger partial charge is 0.276 e. The molecule has 0 spiro atoms. The maximum atomic E-state index is 12.2. The number of fused-ring (bicyclic) bond motifs is 2. The summed E-state index contributed by atoms with van der Waals surface area (Å²) in [6.07, 6.45) is 5.72. The van der Waals surface area contributed by atoms with Crippen LogP contribution in [0.3, 0.4) is 0 Å². The number of aromatic nitrogens is 4. The summed E-state index contributed by atoms with van der Waals surface area (Å²) in [6.45, 7) is 0. The summed E-state index contributed by atoms with van der Waals surface area (Å²) in [5, 5.41) is 5.95. The molecule has 23 heavy (non-hydrogen) atoms. The van der Waals surface area contributed by atoms with Crippen molar-refractivity contribution in [3.63, 3.8) is 0 Å². The Kier molecular flexibility index (Phi) is 3.04. The topological polar surface area (TPSA) is 66.3 Å². The average molecular weight is 307 g/mol. The van der Waals surface area contributed by atoms with E-state index >= 15 is 0 Å². The maximum Gasteiger partial charge on any atom is 0.276 e. The van der Waals surface area contributed by atoms with Crippen LogP contribution in [0, 0.1) is 0 Å². The summed E-state index contributed by atoms with van der Waals surface area (Å²) >= 11 is 0. The van der Waals surface area contributed by atoms with Crippen molar-refractivity contribution in [1.29, 1.82) is 0 Å². The zero-order valence-corrected chi connectivity index (χ0v) is 13.1. The molecule has 1 aromatic carbocycles. The third-order valence-electron chi connectivity index (χ3n) is 4.06.